The van der Waals surface area contributed by atoms with Crippen LogP contribution in [0.4, 0.5) is 0 Å². The van der Waals surface area contributed by atoms with Crippen LogP contribution in [-0.2, 0) is 19.1 Å². The summed E-state index contributed by atoms with van der Waals surface area (Å²) < 4.78 is 10.5. The Morgan fingerprint density at radius 2 is 0.743 bits per heavy atom. The van der Waals surface area contributed by atoms with Gasteiger partial charge in [0.2, 0.25) is 0 Å². The van der Waals surface area contributed by atoms with Crippen LogP contribution in [0, 0.1) is 0 Å². The third-order valence-electron chi connectivity index (χ3n) is 6.73. The minimum absolute atomic E-state index is 0.335. The lowest BCUT2D eigenvalue weighted by Crippen LogP contribution is -2.11. The van der Waals surface area contributed by atoms with Gasteiger partial charge in [-0.3, -0.25) is 9.59 Å². The van der Waals surface area contributed by atoms with E-state index >= 15 is 0 Å². The van der Waals surface area contributed by atoms with E-state index in [1.807, 2.05) is 0 Å². The number of unbranched alkanes of at least 4 members (excludes halogenated alkanes) is 20. The summed E-state index contributed by atoms with van der Waals surface area (Å²) in [6.07, 6.45) is 29.2. The normalized spacial score (nSPS) is 11.1. The van der Waals surface area contributed by atoms with Crippen LogP contribution in [0.25, 0.3) is 0 Å². The number of ether oxygens (including phenoxy) is 2. The number of carbonyl (C=O) groups excluding carboxylic acids is 2. The molecular weight excluding hydrogens is 436 g/mol. The molecule has 0 rings (SSSR count). The third kappa shape index (κ3) is 29.2. The summed E-state index contributed by atoms with van der Waals surface area (Å²) in [4.78, 5) is 23.7. The molecule has 0 bridgehead atoms. The first-order valence-corrected chi connectivity index (χ1v) is 15.5. The highest BCUT2D eigenvalue weighted by Crippen LogP contribution is 2.14. The zero-order valence-electron chi connectivity index (χ0n) is 23.7. The third-order valence-corrected chi connectivity index (χ3v) is 6.73. The maximum Gasteiger partial charge on any atom is 0.313 e. The summed E-state index contributed by atoms with van der Waals surface area (Å²) >= 11 is 0. The van der Waals surface area contributed by atoms with Gasteiger partial charge in [-0.25, -0.2) is 0 Å². The highest BCUT2D eigenvalue weighted by Gasteiger charge is 2.09. The minimum Gasteiger partial charge on any atom is -0.393 e. The predicted octanol–water partition coefficient (Wildman–Crippen LogP) is 9.87. The van der Waals surface area contributed by atoms with E-state index in [9.17, 15) is 9.59 Å². The summed E-state index contributed by atoms with van der Waals surface area (Å²) in [6, 6.07) is 0. The fourth-order valence-corrected chi connectivity index (χ4v) is 4.47. The van der Waals surface area contributed by atoms with Gasteiger partial charge in [0.05, 0.1) is 0 Å². The number of hydrogen-bond donors (Lipinski definition) is 0. The van der Waals surface area contributed by atoms with Crippen LogP contribution in [0.15, 0.2) is 0 Å². The summed E-state index contributed by atoms with van der Waals surface area (Å²) in [6.45, 7) is 6.21. The van der Waals surface area contributed by atoms with Gasteiger partial charge in [0.25, 0.3) is 0 Å². The van der Waals surface area contributed by atoms with Gasteiger partial charge < -0.3 is 9.47 Å². The van der Waals surface area contributed by atoms with Crippen molar-refractivity contribution in [3.63, 3.8) is 0 Å². The molecule has 0 aromatic carbocycles. The fourth-order valence-electron chi connectivity index (χ4n) is 4.47. The van der Waals surface area contributed by atoms with Crippen molar-refractivity contribution in [2.45, 2.75) is 174 Å². The van der Waals surface area contributed by atoms with Crippen molar-refractivity contribution in [2.24, 2.45) is 0 Å². The van der Waals surface area contributed by atoms with Gasteiger partial charge in [0, 0.05) is 26.1 Å². The molecular formula is C31H60O4. The molecule has 0 aliphatic carbocycles. The monoisotopic (exact) mass is 496 g/mol. The first-order chi connectivity index (χ1) is 17.2. The molecule has 4 heteroatoms. The molecule has 0 N–H and O–H groups in total. The number of hydrogen-bond acceptors (Lipinski definition) is 4. The van der Waals surface area contributed by atoms with Crippen molar-refractivity contribution in [3.8, 4) is 0 Å². The molecule has 0 amide bonds. The molecule has 0 fully saturated rings. The standard InChI is InChI=1S/C31H60O4/c1-3-5-6-7-8-9-10-11-12-14-17-20-23-26-30(32)35-31(33)27-24-21-18-15-13-16-19-22-25-29-34-28-4-2/h3-29H2,1-2H3. The molecule has 0 saturated carbocycles. The lowest BCUT2D eigenvalue weighted by Gasteiger charge is -2.05. The summed E-state index contributed by atoms with van der Waals surface area (Å²) in [5, 5.41) is 0. The lowest BCUT2D eigenvalue weighted by molar-refractivity contribution is -0.159. The molecule has 0 unspecified atom stereocenters. The Kier molecular flexibility index (Phi) is 28.6. The van der Waals surface area contributed by atoms with E-state index in [1.165, 1.54) is 116 Å². The van der Waals surface area contributed by atoms with E-state index in [2.05, 4.69) is 13.8 Å². The van der Waals surface area contributed by atoms with E-state index in [0.717, 1.165) is 45.3 Å². The van der Waals surface area contributed by atoms with Gasteiger partial charge in [0.15, 0.2) is 0 Å². The van der Waals surface area contributed by atoms with Crippen LogP contribution in [0.1, 0.15) is 174 Å². The van der Waals surface area contributed by atoms with Crippen molar-refractivity contribution >= 4 is 11.9 Å². The van der Waals surface area contributed by atoms with E-state index in [0.29, 0.717) is 12.8 Å². The molecule has 0 aromatic rings. The molecule has 35 heavy (non-hydrogen) atoms. The maximum atomic E-state index is 11.8. The Hall–Kier alpha value is -0.900. The first-order valence-electron chi connectivity index (χ1n) is 15.5. The SMILES string of the molecule is CCCCCCCCCCCCCCCC(=O)OC(=O)CCCCCCCCCCCOCCC. The smallest absolute Gasteiger partial charge is 0.313 e. The average molecular weight is 497 g/mol. The van der Waals surface area contributed by atoms with Crippen LogP contribution < -0.4 is 0 Å². The zero-order chi connectivity index (χ0) is 25.7. The van der Waals surface area contributed by atoms with Crippen LogP contribution in [-0.4, -0.2) is 25.2 Å². The van der Waals surface area contributed by atoms with Crippen LogP contribution >= 0.6 is 0 Å². The van der Waals surface area contributed by atoms with Crippen LogP contribution in [0.2, 0.25) is 0 Å². The number of rotatable bonds is 28. The van der Waals surface area contributed by atoms with E-state index in [-0.39, 0.29) is 11.9 Å². The van der Waals surface area contributed by atoms with Gasteiger partial charge in [-0.2, -0.15) is 0 Å². The number of esters is 2. The molecule has 0 spiro atoms. The topological polar surface area (TPSA) is 52.6 Å². The molecule has 0 saturated heterocycles. The largest absolute Gasteiger partial charge is 0.393 e. The van der Waals surface area contributed by atoms with E-state index in [4.69, 9.17) is 9.47 Å². The molecule has 0 atom stereocenters. The molecule has 0 aliphatic rings. The Balaban J connectivity index is 3.29. The Morgan fingerprint density at radius 1 is 0.400 bits per heavy atom. The second-order valence-corrected chi connectivity index (χ2v) is 10.4. The molecule has 4 nitrogen and oxygen atoms in total. The highest BCUT2D eigenvalue weighted by atomic mass is 16.6. The lowest BCUT2D eigenvalue weighted by atomic mass is 10.0. The van der Waals surface area contributed by atoms with Gasteiger partial charge in [0.1, 0.15) is 0 Å². The Bertz CT molecular complexity index is 409. The molecule has 0 radical (unpaired) electrons. The Labute approximate surface area is 218 Å². The first kappa shape index (κ1) is 34.1. The number of carbonyl (C=O) groups is 2. The second-order valence-electron chi connectivity index (χ2n) is 10.4. The van der Waals surface area contributed by atoms with E-state index in [1.54, 1.807) is 0 Å². The zero-order valence-corrected chi connectivity index (χ0v) is 23.7. The Morgan fingerprint density at radius 3 is 1.11 bits per heavy atom. The second kappa shape index (κ2) is 29.3. The van der Waals surface area contributed by atoms with Crippen LogP contribution in [0.3, 0.4) is 0 Å². The van der Waals surface area contributed by atoms with Crippen molar-refractivity contribution in [1.29, 1.82) is 0 Å². The molecule has 0 heterocycles. The summed E-state index contributed by atoms with van der Waals surface area (Å²) in [7, 11) is 0. The van der Waals surface area contributed by atoms with Crippen molar-refractivity contribution in [2.75, 3.05) is 13.2 Å². The average Bonchev–Trinajstić information content (AvgIpc) is 2.85. The summed E-state index contributed by atoms with van der Waals surface area (Å²) in [5.41, 5.74) is 0. The molecule has 0 aromatic heterocycles. The molecule has 0 aliphatic heterocycles. The highest BCUT2D eigenvalue weighted by molar-refractivity contribution is 5.85. The fraction of sp³-hybridized carbons (Fsp3) is 0.935. The summed E-state index contributed by atoms with van der Waals surface area (Å²) in [5.74, 6) is -0.673. The van der Waals surface area contributed by atoms with Crippen molar-refractivity contribution < 1.29 is 19.1 Å². The quantitative estimate of drug-likeness (QED) is 0.0614. The van der Waals surface area contributed by atoms with Gasteiger partial charge in [-0.1, -0.05) is 136 Å². The predicted molar refractivity (Wildman–Crippen MR) is 149 cm³/mol. The van der Waals surface area contributed by atoms with Gasteiger partial charge in [-0.15, -0.1) is 0 Å². The van der Waals surface area contributed by atoms with Crippen LogP contribution in [0.5, 0.6) is 0 Å². The van der Waals surface area contributed by atoms with Gasteiger partial charge in [-0.05, 0) is 25.7 Å². The minimum atomic E-state index is -0.338. The maximum absolute atomic E-state index is 11.8. The van der Waals surface area contributed by atoms with Gasteiger partial charge >= 0.3 is 11.9 Å². The molecule has 208 valence electrons. The van der Waals surface area contributed by atoms with E-state index < -0.39 is 0 Å². The van der Waals surface area contributed by atoms with Crippen molar-refractivity contribution in [1.82, 2.24) is 0 Å². The van der Waals surface area contributed by atoms with Crippen molar-refractivity contribution in [3.05, 3.63) is 0 Å².